The molecule has 154 valence electrons. The van der Waals surface area contributed by atoms with Gasteiger partial charge in [-0.1, -0.05) is 6.92 Å². The second-order valence-corrected chi connectivity index (χ2v) is 7.36. The molecule has 0 saturated carbocycles. The first-order valence-corrected chi connectivity index (χ1v) is 9.08. The van der Waals surface area contributed by atoms with E-state index in [4.69, 9.17) is 15.6 Å². The molecule has 1 aliphatic rings. The van der Waals surface area contributed by atoms with Gasteiger partial charge in [-0.2, -0.15) is 0 Å². The van der Waals surface area contributed by atoms with E-state index in [9.17, 15) is 18.4 Å². The first-order valence-electron chi connectivity index (χ1n) is 9.08. The number of anilines is 1. The zero-order valence-electron chi connectivity index (χ0n) is 15.7. The summed E-state index contributed by atoms with van der Waals surface area (Å²) < 4.78 is 36.0. The number of benzene rings is 1. The zero-order chi connectivity index (χ0) is 20.6. The van der Waals surface area contributed by atoms with Crippen molar-refractivity contribution in [1.82, 2.24) is 14.5 Å². The molecule has 3 rings (SSSR count). The van der Waals surface area contributed by atoms with Crippen molar-refractivity contribution in [3.63, 3.8) is 0 Å². The number of aromatic nitrogens is 2. The number of likely N-dealkylation sites (tertiary alicyclic amines) is 1. The van der Waals surface area contributed by atoms with Gasteiger partial charge in [0.15, 0.2) is 0 Å². The van der Waals surface area contributed by atoms with E-state index in [2.05, 4.69) is 4.98 Å². The molecule has 4 N–H and O–H groups in total. The van der Waals surface area contributed by atoms with Gasteiger partial charge in [-0.15, -0.1) is 0 Å². The number of nitrogen functional groups attached to an aromatic ring is 1. The Morgan fingerprint density at radius 1 is 1.43 bits per heavy atom. The number of hydrogen-bond donors (Lipinski definition) is 3. The first-order chi connectivity index (χ1) is 13.1. The summed E-state index contributed by atoms with van der Waals surface area (Å²) in [6.45, 7) is 1.15. The molecule has 0 radical (unpaired) electrons. The van der Waals surface area contributed by atoms with Gasteiger partial charge in [-0.3, -0.25) is 4.57 Å². The predicted molar refractivity (Wildman–Crippen MR) is 99.9 cm³/mol. The third-order valence-electron chi connectivity index (χ3n) is 5.34. The smallest absolute Gasteiger partial charge is 0.407 e. The lowest BCUT2D eigenvalue weighted by molar-refractivity contribution is -0.142. The van der Waals surface area contributed by atoms with Crippen molar-refractivity contribution in [1.29, 1.82) is 0 Å². The Hall–Kier alpha value is -2.78. The number of nitrogens with two attached hydrogens (primary N) is 1. The van der Waals surface area contributed by atoms with Crippen LogP contribution in [0.25, 0.3) is 11.0 Å². The molecule has 2 heterocycles. The summed E-state index contributed by atoms with van der Waals surface area (Å²) in [7, 11) is 1.59. The van der Waals surface area contributed by atoms with Gasteiger partial charge in [-0.05, 0) is 18.9 Å². The van der Waals surface area contributed by atoms with Gasteiger partial charge in [0.25, 0.3) is 5.92 Å². The van der Waals surface area contributed by atoms with Crippen LogP contribution in [0.5, 0.6) is 5.75 Å². The minimum atomic E-state index is -2.93. The van der Waals surface area contributed by atoms with Gasteiger partial charge >= 0.3 is 11.8 Å². The molecule has 28 heavy (non-hydrogen) atoms. The molecule has 0 spiro atoms. The normalized spacial score (nSPS) is 21.8. The lowest BCUT2D eigenvalue weighted by Gasteiger charge is -2.41. The molecule has 1 fully saturated rings. The predicted octanol–water partition coefficient (Wildman–Crippen LogP) is 2.49. The number of ether oxygens (including phenoxy) is 1. The number of nitrogens with zero attached hydrogens (tertiary/aromatic N) is 2. The van der Waals surface area contributed by atoms with E-state index < -0.39 is 23.9 Å². The van der Waals surface area contributed by atoms with Crippen LogP contribution in [-0.4, -0.2) is 51.3 Å². The van der Waals surface area contributed by atoms with E-state index in [1.165, 1.54) is 11.5 Å². The van der Waals surface area contributed by atoms with Gasteiger partial charge in [-0.25, -0.2) is 18.4 Å². The van der Waals surface area contributed by atoms with Gasteiger partial charge in [0, 0.05) is 43.7 Å². The SMILES string of the molecule is CC1CN(C(=O)O)CC(CCCOc2cc(N)cc3[nH]c(=O)n(C)c23)C1(F)F. The summed E-state index contributed by atoms with van der Waals surface area (Å²) in [6, 6.07) is 3.20. The summed E-state index contributed by atoms with van der Waals surface area (Å²) in [5.41, 5.74) is 7.01. The van der Waals surface area contributed by atoms with Crippen LogP contribution in [0.15, 0.2) is 16.9 Å². The fourth-order valence-corrected chi connectivity index (χ4v) is 3.75. The highest BCUT2D eigenvalue weighted by Gasteiger charge is 2.49. The number of piperidine rings is 1. The highest BCUT2D eigenvalue weighted by atomic mass is 19.3. The number of H-pyrrole nitrogens is 1. The number of nitrogens with one attached hydrogen (secondary N) is 1. The van der Waals surface area contributed by atoms with E-state index in [1.807, 2.05) is 0 Å². The molecule has 10 heteroatoms. The fraction of sp³-hybridized carbons (Fsp3) is 0.556. The molecule has 2 unspecified atom stereocenters. The summed E-state index contributed by atoms with van der Waals surface area (Å²) in [5, 5.41) is 9.13. The monoisotopic (exact) mass is 398 g/mol. The molecular formula is C18H24F2N4O4. The average molecular weight is 398 g/mol. The molecule has 1 aromatic carbocycles. The number of fused-ring (bicyclic) bond motifs is 1. The number of hydrogen-bond acceptors (Lipinski definition) is 4. The molecule has 0 bridgehead atoms. The van der Waals surface area contributed by atoms with Gasteiger partial charge in [0.2, 0.25) is 0 Å². The van der Waals surface area contributed by atoms with E-state index in [0.29, 0.717) is 28.9 Å². The van der Waals surface area contributed by atoms with Crippen LogP contribution in [0.2, 0.25) is 0 Å². The van der Waals surface area contributed by atoms with Gasteiger partial charge in [0.05, 0.1) is 12.1 Å². The number of aromatic amines is 1. The minimum Gasteiger partial charge on any atom is -0.491 e. The maximum Gasteiger partial charge on any atom is 0.407 e. The molecule has 8 nitrogen and oxygen atoms in total. The van der Waals surface area contributed by atoms with Crippen LogP contribution in [0, 0.1) is 11.8 Å². The number of amides is 1. The van der Waals surface area contributed by atoms with Gasteiger partial charge < -0.3 is 25.5 Å². The lowest BCUT2D eigenvalue weighted by atomic mass is 9.83. The molecule has 1 amide bonds. The second kappa shape index (κ2) is 7.33. The zero-order valence-corrected chi connectivity index (χ0v) is 15.7. The van der Waals surface area contributed by atoms with E-state index in [-0.39, 0.29) is 31.8 Å². The molecular weight excluding hydrogens is 374 g/mol. The van der Waals surface area contributed by atoms with Crippen molar-refractivity contribution in [3.05, 3.63) is 22.6 Å². The summed E-state index contributed by atoms with van der Waals surface area (Å²) in [6.07, 6.45) is -0.743. The van der Waals surface area contributed by atoms with Crippen molar-refractivity contribution >= 4 is 22.8 Å². The Labute approximate surface area is 159 Å². The quantitative estimate of drug-likeness (QED) is 0.529. The average Bonchev–Trinajstić information content (AvgIpc) is 2.88. The Balaban J connectivity index is 1.66. The number of alkyl halides is 2. The summed E-state index contributed by atoms with van der Waals surface area (Å²) in [4.78, 5) is 26.7. The van der Waals surface area contributed by atoms with Crippen LogP contribution in [-0.2, 0) is 7.05 Å². The lowest BCUT2D eigenvalue weighted by Crippen LogP contribution is -2.54. The van der Waals surface area contributed by atoms with Crippen LogP contribution < -0.4 is 16.2 Å². The molecule has 1 aromatic heterocycles. The number of imidazole rings is 1. The van der Waals surface area contributed by atoms with Crippen molar-refractivity contribution < 1.29 is 23.4 Å². The largest absolute Gasteiger partial charge is 0.491 e. The fourth-order valence-electron chi connectivity index (χ4n) is 3.75. The maximum atomic E-state index is 14.4. The van der Waals surface area contributed by atoms with Gasteiger partial charge in [0.1, 0.15) is 11.3 Å². The first kappa shape index (κ1) is 20.0. The second-order valence-electron chi connectivity index (χ2n) is 7.36. The van der Waals surface area contributed by atoms with Crippen molar-refractivity contribution in [3.8, 4) is 5.75 Å². The number of halogens is 2. The van der Waals surface area contributed by atoms with Crippen molar-refractivity contribution in [2.45, 2.75) is 25.7 Å². The molecule has 0 aliphatic carbocycles. The molecule has 1 saturated heterocycles. The minimum absolute atomic E-state index is 0.124. The highest BCUT2D eigenvalue weighted by Crippen LogP contribution is 2.40. The Morgan fingerprint density at radius 2 is 2.14 bits per heavy atom. The Bertz CT molecular complexity index is 940. The molecule has 2 aromatic rings. The van der Waals surface area contributed by atoms with Crippen LogP contribution in [0.3, 0.4) is 0 Å². The Morgan fingerprint density at radius 3 is 2.82 bits per heavy atom. The standard InChI is InChI=1S/C18H24F2N4O4/c1-10-8-24(17(26)27)9-11(18(10,19)20)4-3-5-28-14-7-12(21)6-13-15(14)23(2)16(25)22-13/h6-7,10-11H,3-5,8-9,21H2,1-2H3,(H,22,25)(H,26,27). The van der Waals surface area contributed by atoms with Crippen LogP contribution >= 0.6 is 0 Å². The van der Waals surface area contributed by atoms with Crippen LogP contribution in [0.4, 0.5) is 19.3 Å². The van der Waals surface area contributed by atoms with E-state index in [1.54, 1.807) is 19.2 Å². The van der Waals surface area contributed by atoms with Crippen molar-refractivity contribution in [2.24, 2.45) is 18.9 Å². The third kappa shape index (κ3) is 3.63. The molecule has 1 aliphatic heterocycles. The highest BCUT2D eigenvalue weighted by molar-refractivity contribution is 5.85. The van der Waals surface area contributed by atoms with E-state index in [0.717, 1.165) is 4.90 Å². The number of aryl methyl sites for hydroxylation is 1. The third-order valence-corrected chi connectivity index (χ3v) is 5.34. The topological polar surface area (TPSA) is 114 Å². The number of rotatable bonds is 5. The van der Waals surface area contributed by atoms with E-state index >= 15 is 0 Å². The maximum absolute atomic E-state index is 14.4. The molecule has 2 atom stereocenters. The van der Waals surface area contributed by atoms with Crippen LogP contribution in [0.1, 0.15) is 19.8 Å². The number of carbonyl (C=O) groups is 1. The Kier molecular flexibility index (Phi) is 5.22. The number of carboxylic acid groups (broad SMARTS) is 1. The summed E-state index contributed by atoms with van der Waals surface area (Å²) >= 11 is 0. The van der Waals surface area contributed by atoms with Crippen molar-refractivity contribution in [2.75, 3.05) is 25.4 Å². The summed E-state index contributed by atoms with van der Waals surface area (Å²) in [5.74, 6) is -4.63.